The molecule has 1 aliphatic heterocycles. The van der Waals surface area contributed by atoms with E-state index in [4.69, 9.17) is 4.74 Å². The molecule has 1 amide bonds. The van der Waals surface area contributed by atoms with Crippen LogP contribution in [-0.4, -0.2) is 30.7 Å². The van der Waals surface area contributed by atoms with E-state index in [0.717, 1.165) is 11.1 Å². The van der Waals surface area contributed by atoms with Crippen molar-refractivity contribution in [2.45, 2.75) is 25.3 Å². The van der Waals surface area contributed by atoms with Gasteiger partial charge in [-0.25, -0.2) is 0 Å². The fourth-order valence-electron chi connectivity index (χ4n) is 2.57. The molecular weight excluding hydrogens is 258 g/mol. The zero-order chi connectivity index (χ0) is 14.8. The number of rotatable bonds is 6. The lowest BCUT2D eigenvalue weighted by atomic mass is 9.84. The van der Waals surface area contributed by atoms with Gasteiger partial charge in [0.25, 0.3) is 0 Å². The van der Waals surface area contributed by atoms with Crippen molar-refractivity contribution in [3.8, 4) is 0 Å². The molecule has 0 radical (unpaired) electrons. The molecule has 1 aliphatic rings. The second-order valence-electron chi connectivity index (χ2n) is 5.52. The van der Waals surface area contributed by atoms with Gasteiger partial charge in [-0.2, -0.15) is 0 Å². The van der Waals surface area contributed by atoms with Gasteiger partial charge in [0, 0.05) is 0 Å². The summed E-state index contributed by atoms with van der Waals surface area (Å²) in [4.78, 5) is 22.0. The summed E-state index contributed by atoms with van der Waals surface area (Å²) in [6.45, 7) is 4.67. The van der Waals surface area contributed by atoms with Crippen LogP contribution in [0.1, 0.15) is 30.9 Å². The number of nitrogens with one attached hydrogen (secondary N) is 1. The van der Waals surface area contributed by atoms with E-state index < -0.39 is 17.4 Å². The van der Waals surface area contributed by atoms with E-state index in [0.29, 0.717) is 19.6 Å². The largest absolute Gasteiger partial charge is 0.481 e. The number of amides is 1. The number of carbonyl (C=O) groups is 2. The van der Waals surface area contributed by atoms with Crippen molar-refractivity contribution in [3.63, 3.8) is 0 Å². The van der Waals surface area contributed by atoms with Crippen molar-refractivity contribution in [2.75, 3.05) is 13.2 Å². The number of aliphatic carboxylic acids is 1. The number of ether oxygens (including phenoxy) is 1. The Hall–Kier alpha value is -1.88. The molecule has 5 heteroatoms. The Kier molecular flexibility index (Phi) is 4.09. The van der Waals surface area contributed by atoms with Gasteiger partial charge in [0.15, 0.2) is 0 Å². The van der Waals surface area contributed by atoms with Crippen LogP contribution in [0.2, 0.25) is 0 Å². The van der Waals surface area contributed by atoms with E-state index in [1.807, 2.05) is 38.1 Å². The molecule has 0 aliphatic carbocycles. The molecule has 2 rings (SSSR count). The van der Waals surface area contributed by atoms with Crippen LogP contribution in [0.15, 0.2) is 24.3 Å². The monoisotopic (exact) mass is 277 g/mol. The van der Waals surface area contributed by atoms with Crippen LogP contribution in [-0.2, 0) is 19.9 Å². The van der Waals surface area contributed by atoms with E-state index in [-0.39, 0.29) is 5.92 Å². The van der Waals surface area contributed by atoms with E-state index >= 15 is 0 Å². The summed E-state index contributed by atoms with van der Waals surface area (Å²) in [7, 11) is 0. The highest BCUT2D eigenvalue weighted by Crippen LogP contribution is 2.31. The number of hydrogen-bond acceptors (Lipinski definition) is 3. The molecular formula is C15H19NO4. The van der Waals surface area contributed by atoms with Gasteiger partial charge in [0.1, 0.15) is 5.54 Å². The Morgan fingerprint density at radius 3 is 2.30 bits per heavy atom. The van der Waals surface area contributed by atoms with Crippen LogP contribution >= 0.6 is 0 Å². The zero-order valence-corrected chi connectivity index (χ0v) is 11.6. The molecule has 0 spiro atoms. The number of carboxylic acids is 1. The van der Waals surface area contributed by atoms with E-state index in [1.165, 1.54) is 0 Å². The van der Waals surface area contributed by atoms with Crippen molar-refractivity contribution in [1.29, 1.82) is 0 Å². The van der Waals surface area contributed by atoms with E-state index in [9.17, 15) is 14.7 Å². The second-order valence-corrected chi connectivity index (χ2v) is 5.52. The smallest absolute Gasteiger partial charge is 0.311 e. The fourth-order valence-corrected chi connectivity index (χ4v) is 2.57. The molecule has 0 aromatic heterocycles. The molecule has 0 bridgehead atoms. The Morgan fingerprint density at radius 2 is 1.95 bits per heavy atom. The number of carboxylic acid groups (broad SMARTS) is 1. The molecule has 0 saturated carbocycles. The number of benzene rings is 1. The lowest BCUT2D eigenvalue weighted by molar-refractivity contribution is -0.139. The first kappa shape index (κ1) is 14.5. The minimum atomic E-state index is -0.819. The lowest BCUT2D eigenvalue weighted by Gasteiger charge is -2.41. The summed E-state index contributed by atoms with van der Waals surface area (Å²) in [5.41, 5.74) is 1.25. The van der Waals surface area contributed by atoms with Crippen molar-refractivity contribution >= 4 is 12.4 Å². The summed E-state index contributed by atoms with van der Waals surface area (Å²) < 4.78 is 5.18. The lowest BCUT2D eigenvalue weighted by Crippen LogP contribution is -2.57. The molecule has 1 heterocycles. The average Bonchev–Trinajstić information content (AvgIpc) is 2.34. The fraction of sp³-hybridized carbons (Fsp3) is 0.467. The zero-order valence-electron chi connectivity index (χ0n) is 11.6. The molecule has 1 saturated heterocycles. The van der Waals surface area contributed by atoms with E-state index in [2.05, 4.69) is 5.32 Å². The van der Waals surface area contributed by atoms with Crippen molar-refractivity contribution in [3.05, 3.63) is 35.4 Å². The Bertz CT molecular complexity index is 491. The SMILES string of the molecule is CC(C)C(C(=O)O)c1ccc(C2(NC=O)COC2)cc1. The van der Waals surface area contributed by atoms with Gasteiger partial charge in [0.05, 0.1) is 19.1 Å². The summed E-state index contributed by atoms with van der Waals surface area (Å²) in [5.74, 6) is -1.32. The van der Waals surface area contributed by atoms with Gasteiger partial charge in [-0.1, -0.05) is 38.1 Å². The predicted octanol–water partition coefficient (Wildman–Crippen LogP) is 1.48. The van der Waals surface area contributed by atoms with Gasteiger partial charge < -0.3 is 15.2 Å². The van der Waals surface area contributed by atoms with Crippen molar-refractivity contribution < 1.29 is 19.4 Å². The third kappa shape index (κ3) is 2.54. The van der Waals surface area contributed by atoms with Crippen LogP contribution < -0.4 is 5.32 Å². The van der Waals surface area contributed by atoms with Gasteiger partial charge in [-0.3, -0.25) is 9.59 Å². The topological polar surface area (TPSA) is 75.6 Å². The molecule has 1 aromatic rings. The van der Waals surface area contributed by atoms with Crippen molar-refractivity contribution in [2.24, 2.45) is 5.92 Å². The molecule has 1 fully saturated rings. The van der Waals surface area contributed by atoms with Crippen LogP contribution in [0, 0.1) is 5.92 Å². The van der Waals surface area contributed by atoms with Gasteiger partial charge in [-0.05, 0) is 17.0 Å². The molecule has 20 heavy (non-hydrogen) atoms. The average molecular weight is 277 g/mol. The Morgan fingerprint density at radius 1 is 1.35 bits per heavy atom. The van der Waals surface area contributed by atoms with Gasteiger partial charge in [-0.15, -0.1) is 0 Å². The highest BCUT2D eigenvalue weighted by Gasteiger charge is 2.40. The quantitative estimate of drug-likeness (QED) is 0.772. The third-order valence-electron chi connectivity index (χ3n) is 3.79. The summed E-state index contributed by atoms with van der Waals surface area (Å²) in [6.07, 6.45) is 0.671. The summed E-state index contributed by atoms with van der Waals surface area (Å²) in [5, 5.41) is 12.1. The van der Waals surface area contributed by atoms with Crippen LogP contribution in [0.3, 0.4) is 0 Å². The normalized spacial score (nSPS) is 18.1. The first-order chi connectivity index (χ1) is 9.50. The standard InChI is InChI=1S/C15H19NO4/c1-10(2)13(14(18)19)11-3-5-12(6-4-11)15(16-9-17)7-20-8-15/h3-6,9-10,13H,7-8H2,1-2H3,(H,16,17)(H,18,19). The predicted molar refractivity (Wildman–Crippen MR) is 73.4 cm³/mol. The minimum absolute atomic E-state index is 0.0208. The molecule has 1 atom stereocenters. The Balaban J connectivity index is 2.25. The molecule has 108 valence electrons. The Labute approximate surface area is 117 Å². The van der Waals surface area contributed by atoms with Crippen LogP contribution in [0.4, 0.5) is 0 Å². The van der Waals surface area contributed by atoms with Crippen LogP contribution in [0.5, 0.6) is 0 Å². The van der Waals surface area contributed by atoms with Gasteiger partial charge in [0.2, 0.25) is 6.41 Å². The van der Waals surface area contributed by atoms with Crippen LogP contribution in [0.25, 0.3) is 0 Å². The minimum Gasteiger partial charge on any atom is -0.481 e. The highest BCUT2D eigenvalue weighted by atomic mass is 16.5. The van der Waals surface area contributed by atoms with Crippen molar-refractivity contribution in [1.82, 2.24) is 5.32 Å². The first-order valence-corrected chi connectivity index (χ1v) is 6.62. The number of carbonyl (C=O) groups excluding carboxylic acids is 1. The maximum atomic E-state index is 11.3. The maximum absolute atomic E-state index is 11.3. The highest BCUT2D eigenvalue weighted by molar-refractivity contribution is 5.76. The molecule has 1 unspecified atom stereocenters. The first-order valence-electron chi connectivity index (χ1n) is 6.62. The summed E-state index contributed by atoms with van der Waals surface area (Å²) in [6, 6.07) is 7.38. The maximum Gasteiger partial charge on any atom is 0.311 e. The van der Waals surface area contributed by atoms with E-state index in [1.54, 1.807) is 0 Å². The molecule has 2 N–H and O–H groups in total. The van der Waals surface area contributed by atoms with Gasteiger partial charge >= 0.3 is 5.97 Å². The molecule has 1 aromatic carbocycles. The molecule has 5 nitrogen and oxygen atoms in total. The third-order valence-corrected chi connectivity index (χ3v) is 3.79. The summed E-state index contributed by atoms with van der Waals surface area (Å²) >= 11 is 0. The second kappa shape index (κ2) is 5.63. The number of hydrogen-bond donors (Lipinski definition) is 2.